The lowest BCUT2D eigenvalue weighted by Gasteiger charge is -2.32. The lowest BCUT2D eigenvalue weighted by molar-refractivity contribution is 0.209. The van der Waals surface area contributed by atoms with Crippen LogP contribution in [0.15, 0.2) is 55.2 Å². The van der Waals surface area contributed by atoms with Gasteiger partial charge in [-0.3, -0.25) is 14.9 Å². The maximum atomic E-state index is 4.60. The van der Waals surface area contributed by atoms with E-state index in [2.05, 4.69) is 36.3 Å². The lowest BCUT2D eigenvalue weighted by Crippen LogP contribution is -2.39. The number of hydrogen-bond donors (Lipinski definition) is 1. The van der Waals surface area contributed by atoms with Crippen molar-refractivity contribution in [2.45, 2.75) is 25.4 Å². The zero-order valence-electron chi connectivity index (χ0n) is 14.0. The van der Waals surface area contributed by atoms with Gasteiger partial charge in [0.15, 0.2) is 5.82 Å². The minimum Gasteiger partial charge on any atom is -0.366 e. The van der Waals surface area contributed by atoms with Gasteiger partial charge in [0, 0.05) is 44.3 Å². The Labute approximate surface area is 146 Å². The summed E-state index contributed by atoms with van der Waals surface area (Å²) in [5.74, 6) is 1.53. The number of pyridine rings is 1. The van der Waals surface area contributed by atoms with Crippen LogP contribution in [0.1, 0.15) is 18.5 Å². The van der Waals surface area contributed by atoms with Crippen LogP contribution in [0, 0.1) is 0 Å². The molecule has 128 valence electrons. The average Bonchev–Trinajstić information content (AvgIpc) is 3.19. The third-order valence-corrected chi connectivity index (χ3v) is 4.41. The Bertz CT molecular complexity index is 780. The van der Waals surface area contributed by atoms with Crippen LogP contribution in [0.3, 0.4) is 0 Å². The molecular weight excluding hydrogens is 314 g/mol. The molecule has 25 heavy (non-hydrogen) atoms. The summed E-state index contributed by atoms with van der Waals surface area (Å²) < 4.78 is 1.72. The second kappa shape index (κ2) is 7.40. The van der Waals surface area contributed by atoms with Gasteiger partial charge >= 0.3 is 0 Å². The average molecular weight is 335 g/mol. The summed E-state index contributed by atoms with van der Waals surface area (Å²) in [4.78, 5) is 15.7. The van der Waals surface area contributed by atoms with Crippen molar-refractivity contribution in [3.63, 3.8) is 0 Å². The Hall–Kier alpha value is -2.80. The summed E-state index contributed by atoms with van der Waals surface area (Å²) in [6, 6.07) is 8.38. The van der Waals surface area contributed by atoms with Crippen LogP contribution in [-0.4, -0.2) is 48.8 Å². The van der Waals surface area contributed by atoms with Crippen molar-refractivity contribution >= 4 is 5.82 Å². The van der Waals surface area contributed by atoms with Gasteiger partial charge in [-0.15, -0.1) is 0 Å². The van der Waals surface area contributed by atoms with E-state index in [1.54, 1.807) is 23.3 Å². The van der Waals surface area contributed by atoms with Crippen molar-refractivity contribution < 1.29 is 0 Å². The van der Waals surface area contributed by atoms with E-state index >= 15 is 0 Å². The predicted molar refractivity (Wildman–Crippen MR) is 95.3 cm³/mol. The molecule has 1 fully saturated rings. The Morgan fingerprint density at radius 2 is 2.00 bits per heavy atom. The van der Waals surface area contributed by atoms with E-state index in [4.69, 9.17) is 0 Å². The number of nitrogens with one attached hydrogen (secondary N) is 1. The smallest absolute Gasteiger partial charge is 0.173 e. The molecule has 3 aromatic heterocycles. The molecule has 0 saturated carbocycles. The fraction of sp³-hybridized carbons (Fsp3) is 0.333. The molecule has 0 atom stereocenters. The van der Waals surface area contributed by atoms with Crippen molar-refractivity contribution in [2.24, 2.45) is 0 Å². The molecule has 1 N–H and O–H groups in total. The Morgan fingerprint density at radius 1 is 1.08 bits per heavy atom. The molecular formula is C18H21N7. The number of likely N-dealkylation sites (tertiary alicyclic amines) is 1. The van der Waals surface area contributed by atoms with Gasteiger partial charge in [-0.2, -0.15) is 5.10 Å². The summed E-state index contributed by atoms with van der Waals surface area (Å²) in [6.45, 7) is 3.03. The Morgan fingerprint density at radius 3 is 2.76 bits per heavy atom. The third-order valence-electron chi connectivity index (χ3n) is 4.41. The van der Waals surface area contributed by atoms with E-state index in [9.17, 15) is 0 Å². The van der Waals surface area contributed by atoms with Gasteiger partial charge in [0.2, 0.25) is 0 Å². The Kier molecular flexibility index (Phi) is 4.65. The molecule has 0 unspecified atom stereocenters. The number of aromatic nitrogens is 5. The summed E-state index contributed by atoms with van der Waals surface area (Å²) in [5, 5.41) is 7.71. The normalized spacial score (nSPS) is 16.0. The minimum atomic E-state index is 0.419. The first-order valence-corrected chi connectivity index (χ1v) is 8.58. The molecule has 1 aliphatic rings. The van der Waals surface area contributed by atoms with Crippen LogP contribution >= 0.6 is 0 Å². The van der Waals surface area contributed by atoms with Gasteiger partial charge < -0.3 is 5.32 Å². The predicted octanol–water partition coefficient (Wildman–Crippen LogP) is 2.13. The highest BCUT2D eigenvalue weighted by molar-refractivity contribution is 5.36. The highest BCUT2D eigenvalue weighted by Gasteiger charge is 2.20. The highest BCUT2D eigenvalue weighted by Crippen LogP contribution is 2.17. The molecule has 7 nitrogen and oxygen atoms in total. The molecule has 3 aromatic rings. The van der Waals surface area contributed by atoms with Gasteiger partial charge in [-0.25, -0.2) is 9.67 Å². The number of anilines is 1. The molecule has 1 saturated heterocycles. The quantitative estimate of drug-likeness (QED) is 0.770. The van der Waals surface area contributed by atoms with Crippen molar-refractivity contribution in [2.75, 3.05) is 18.4 Å². The zero-order valence-corrected chi connectivity index (χ0v) is 14.0. The first-order chi connectivity index (χ1) is 12.4. The van der Waals surface area contributed by atoms with Crippen LogP contribution in [0.2, 0.25) is 0 Å². The third kappa shape index (κ3) is 4.00. The van der Waals surface area contributed by atoms with E-state index in [1.165, 1.54) is 0 Å². The standard InChI is InChI=1S/C18H21N7/c1-2-7-20-16(4-1)14-24-10-5-15(6-11-24)22-17-12-19-13-18(23-17)25-9-3-8-21-25/h1-4,7-9,12-13,15H,5-6,10-11,14H2,(H,22,23). The van der Waals surface area contributed by atoms with Crippen LogP contribution < -0.4 is 5.32 Å². The van der Waals surface area contributed by atoms with Crippen LogP contribution in [0.5, 0.6) is 0 Å². The topological polar surface area (TPSA) is 71.8 Å². The van der Waals surface area contributed by atoms with E-state index in [0.717, 1.165) is 49.8 Å². The first kappa shape index (κ1) is 15.7. The number of rotatable bonds is 5. The number of nitrogens with zero attached hydrogens (tertiary/aromatic N) is 6. The molecule has 7 heteroatoms. The molecule has 4 rings (SSSR count). The minimum absolute atomic E-state index is 0.419. The fourth-order valence-electron chi connectivity index (χ4n) is 3.11. The summed E-state index contributed by atoms with van der Waals surface area (Å²) in [5.41, 5.74) is 1.13. The molecule has 0 aromatic carbocycles. The number of hydrogen-bond acceptors (Lipinski definition) is 6. The van der Waals surface area contributed by atoms with E-state index in [0.29, 0.717) is 6.04 Å². The first-order valence-electron chi connectivity index (χ1n) is 8.58. The Balaban J connectivity index is 1.32. The lowest BCUT2D eigenvalue weighted by atomic mass is 10.0. The van der Waals surface area contributed by atoms with Crippen molar-refractivity contribution in [3.8, 4) is 5.82 Å². The van der Waals surface area contributed by atoms with Gasteiger partial charge in [0.05, 0.1) is 18.1 Å². The summed E-state index contributed by atoms with van der Waals surface area (Å²) in [7, 11) is 0. The highest BCUT2D eigenvalue weighted by atomic mass is 15.3. The van der Waals surface area contributed by atoms with Gasteiger partial charge in [-0.1, -0.05) is 6.07 Å². The van der Waals surface area contributed by atoms with E-state index < -0.39 is 0 Å². The van der Waals surface area contributed by atoms with Gasteiger partial charge in [0.1, 0.15) is 5.82 Å². The molecule has 0 spiro atoms. The van der Waals surface area contributed by atoms with Crippen LogP contribution in [-0.2, 0) is 6.54 Å². The summed E-state index contributed by atoms with van der Waals surface area (Å²) >= 11 is 0. The fourth-order valence-corrected chi connectivity index (χ4v) is 3.11. The SMILES string of the molecule is c1ccc(CN2CCC(Nc3cncc(-n4cccn4)n3)CC2)nc1. The van der Waals surface area contributed by atoms with Gasteiger partial charge in [0.25, 0.3) is 0 Å². The van der Waals surface area contributed by atoms with Crippen LogP contribution in [0.4, 0.5) is 5.82 Å². The maximum absolute atomic E-state index is 4.60. The molecule has 1 aliphatic heterocycles. The second-order valence-electron chi connectivity index (χ2n) is 6.23. The van der Waals surface area contributed by atoms with Gasteiger partial charge in [-0.05, 0) is 31.0 Å². The number of piperidine rings is 1. The molecule has 4 heterocycles. The van der Waals surface area contributed by atoms with Crippen molar-refractivity contribution in [1.29, 1.82) is 0 Å². The molecule has 0 amide bonds. The van der Waals surface area contributed by atoms with E-state index in [1.807, 2.05) is 30.6 Å². The monoisotopic (exact) mass is 335 g/mol. The molecule has 0 aliphatic carbocycles. The van der Waals surface area contributed by atoms with Crippen LogP contribution in [0.25, 0.3) is 5.82 Å². The zero-order chi connectivity index (χ0) is 16.9. The molecule has 0 radical (unpaired) electrons. The largest absolute Gasteiger partial charge is 0.366 e. The second-order valence-corrected chi connectivity index (χ2v) is 6.23. The van der Waals surface area contributed by atoms with Crippen molar-refractivity contribution in [3.05, 3.63) is 60.9 Å². The van der Waals surface area contributed by atoms with Crippen molar-refractivity contribution in [1.82, 2.24) is 29.6 Å². The van der Waals surface area contributed by atoms with E-state index in [-0.39, 0.29) is 0 Å². The maximum Gasteiger partial charge on any atom is 0.173 e. The summed E-state index contributed by atoms with van der Waals surface area (Å²) in [6.07, 6.45) is 11.1. The molecule has 0 bridgehead atoms.